The molecule has 0 aliphatic rings. The molecule has 0 rings (SSSR count). The summed E-state index contributed by atoms with van der Waals surface area (Å²) in [4.78, 5) is 14.0. The Kier molecular flexibility index (Phi) is 12.2. The number of aliphatic hydroxyl groups is 2. The number of carbonyl (C=O) groups is 1. The molecule has 0 bridgehead atoms. The predicted molar refractivity (Wildman–Crippen MR) is 88.9 cm³/mol. The van der Waals surface area contributed by atoms with Gasteiger partial charge in [0.15, 0.2) is 0 Å². The van der Waals surface area contributed by atoms with Gasteiger partial charge in [0.1, 0.15) is 5.60 Å². The van der Waals surface area contributed by atoms with Crippen molar-refractivity contribution in [1.82, 2.24) is 4.90 Å². The zero-order chi connectivity index (χ0) is 16.8. The summed E-state index contributed by atoms with van der Waals surface area (Å²) in [6.45, 7) is 7.53. The van der Waals surface area contributed by atoms with Crippen molar-refractivity contribution in [2.75, 3.05) is 26.3 Å². The van der Waals surface area contributed by atoms with Gasteiger partial charge in [0.05, 0.1) is 0 Å². The first-order valence-electron chi connectivity index (χ1n) is 8.60. The third-order valence-corrected chi connectivity index (χ3v) is 3.32. The highest BCUT2D eigenvalue weighted by atomic mass is 16.6. The van der Waals surface area contributed by atoms with Gasteiger partial charge in [-0.05, 0) is 46.5 Å². The molecule has 1 amide bonds. The Labute approximate surface area is 135 Å². The molecular formula is C17H35NO4. The largest absolute Gasteiger partial charge is 0.444 e. The second kappa shape index (κ2) is 12.7. The summed E-state index contributed by atoms with van der Waals surface area (Å²) < 4.78 is 5.46. The normalized spacial score (nSPS) is 11.5. The molecule has 5 heteroatoms. The molecule has 0 aromatic heterocycles. The van der Waals surface area contributed by atoms with Gasteiger partial charge in [-0.1, -0.05) is 25.7 Å². The molecule has 0 atom stereocenters. The maximum atomic E-state index is 12.2. The van der Waals surface area contributed by atoms with E-state index in [1.165, 1.54) is 0 Å². The standard InChI is InChI=1S/C17H35NO4/c1-17(2,3)22-16(21)18(12-8-4-6-10-14-19)13-9-5-7-11-15-20/h19-20H,4-15H2,1-3H3. The van der Waals surface area contributed by atoms with E-state index in [1.807, 2.05) is 20.8 Å². The van der Waals surface area contributed by atoms with E-state index in [0.29, 0.717) is 13.1 Å². The van der Waals surface area contributed by atoms with E-state index in [-0.39, 0.29) is 19.3 Å². The van der Waals surface area contributed by atoms with E-state index < -0.39 is 5.60 Å². The van der Waals surface area contributed by atoms with Crippen LogP contribution in [-0.4, -0.2) is 53.1 Å². The van der Waals surface area contributed by atoms with E-state index in [1.54, 1.807) is 4.90 Å². The van der Waals surface area contributed by atoms with E-state index in [9.17, 15) is 4.79 Å². The van der Waals surface area contributed by atoms with Crippen LogP contribution in [0.4, 0.5) is 4.79 Å². The Balaban J connectivity index is 4.15. The van der Waals surface area contributed by atoms with Crippen LogP contribution >= 0.6 is 0 Å². The molecule has 132 valence electrons. The molecule has 0 saturated carbocycles. The smallest absolute Gasteiger partial charge is 0.410 e. The number of aliphatic hydroxyl groups excluding tert-OH is 2. The molecule has 0 fully saturated rings. The Hall–Kier alpha value is -0.810. The quantitative estimate of drug-likeness (QED) is 0.542. The highest BCUT2D eigenvalue weighted by Crippen LogP contribution is 2.12. The minimum absolute atomic E-state index is 0.237. The second-order valence-electron chi connectivity index (χ2n) is 6.74. The topological polar surface area (TPSA) is 70.0 Å². The minimum Gasteiger partial charge on any atom is -0.444 e. The van der Waals surface area contributed by atoms with Crippen LogP contribution in [0, 0.1) is 0 Å². The molecule has 0 aromatic carbocycles. The minimum atomic E-state index is -0.469. The van der Waals surface area contributed by atoms with Gasteiger partial charge < -0.3 is 19.8 Å². The summed E-state index contributed by atoms with van der Waals surface area (Å²) >= 11 is 0. The highest BCUT2D eigenvalue weighted by molar-refractivity contribution is 5.68. The van der Waals surface area contributed by atoms with Gasteiger partial charge in [0.25, 0.3) is 0 Å². The number of nitrogens with zero attached hydrogens (tertiary/aromatic N) is 1. The summed E-state index contributed by atoms with van der Waals surface area (Å²) in [6, 6.07) is 0. The fraction of sp³-hybridized carbons (Fsp3) is 0.941. The van der Waals surface area contributed by atoms with Crippen LogP contribution in [0.15, 0.2) is 0 Å². The lowest BCUT2D eigenvalue weighted by Crippen LogP contribution is -2.38. The maximum Gasteiger partial charge on any atom is 0.410 e. The molecule has 0 heterocycles. The van der Waals surface area contributed by atoms with Gasteiger partial charge in [-0.2, -0.15) is 0 Å². The lowest BCUT2D eigenvalue weighted by molar-refractivity contribution is 0.0243. The molecule has 0 radical (unpaired) electrons. The molecule has 22 heavy (non-hydrogen) atoms. The van der Waals surface area contributed by atoms with Crippen molar-refractivity contribution in [3.05, 3.63) is 0 Å². The first-order chi connectivity index (χ1) is 10.4. The molecular weight excluding hydrogens is 282 g/mol. The molecule has 0 aliphatic carbocycles. The number of hydrogen-bond donors (Lipinski definition) is 2. The van der Waals surface area contributed by atoms with E-state index in [4.69, 9.17) is 14.9 Å². The van der Waals surface area contributed by atoms with E-state index in [0.717, 1.165) is 51.4 Å². The number of unbranched alkanes of at least 4 members (excludes halogenated alkanes) is 6. The van der Waals surface area contributed by atoms with Crippen LogP contribution in [0.2, 0.25) is 0 Å². The summed E-state index contributed by atoms with van der Waals surface area (Å²) in [6.07, 6.45) is 7.32. The lowest BCUT2D eigenvalue weighted by atomic mass is 10.1. The molecule has 5 nitrogen and oxygen atoms in total. The van der Waals surface area contributed by atoms with Gasteiger partial charge in [0.2, 0.25) is 0 Å². The Bertz CT molecular complexity index is 262. The highest BCUT2D eigenvalue weighted by Gasteiger charge is 2.21. The van der Waals surface area contributed by atoms with Gasteiger partial charge in [0, 0.05) is 26.3 Å². The fourth-order valence-corrected chi connectivity index (χ4v) is 2.16. The molecule has 0 spiro atoms. The van der Waals surface area contributed by atoms with Gasteiger partial charge in [-0.25, -0.2) is 4.79 Å². The average Bonchev–Trinajstić information content (AvgIpc) is 2.42. The van der Waals surface area contributed by atoms with Crippen molar-refractivity contribution in [1.29, 1.82) is 0 Å². The fourth-order valence-electron chi connectivity index (χ4n) is 2.16. The zero-order valence-corrected chi connectivity index (χ0v) is 14.6. The number of hydrogen-bond acceptors (Lipinski definition) is 4. The number of ether oxygens (including phenoxy) is 1. The SMILES string of the molecule is CC(C)(C)OC(=O)N(CCCCCCO)CCCCCCO. The van der Waals surface area contributed by atoms with Gasteiger partial charge in [-0.15, -0.1) is 0 Å². The third kappa shape index (κ3) is 12.9. The second-order valence-corrected chi connectivity index (χ2v) is 6.74. The number of amides is 1. The Morgan fingerprint density at radius 1 is 0.818 bits per heavy atom. The molecule has 0 aliphatic heterocycles. The van der Waals surface area contributed by atoms with Gasteiger partial charge >= 0.3 is 6.09 Å². The summed E-state index contributed by atoms with van der Waals surface area (Å²) in [5.41, 5.74) is -0.469. The number of rotatable bonds is 12. The summed E-state index contributed by atoms with van der Waals surface area (Å²) in [7, 11) is 0. The lowest BCUT2D eigenvalue weighted by Gasteiger charge is -2.27. The van der Waals surface area contributed by atoms with Crippen LogP contribution in [0.25, 0.3) is 0 Å². The molecule has 0 aromatic rings. The molecule has 0 saturated heterocycles. The average molecular weight is 317 g/mol. The van der Waals surface area contributed by atoms with Crippen molar-refractivity contribution in [2.45, 2.75) is 77.7 Å². The number of carbonyl (C=O) groups excluding carboxylic acids is 1. The maximum absolute atomic E-state index is 12.2. The van der Waals surface area contributed by atoms with E-state index in [2.05, 4.69) is 0 Å². The van der Waals surface area contributed by atoms with Crippen molar-refractivity contribution < 1.29 is 19.7 Å². The van der Waals surface area contributed by atoms with Crippen LogP contribution in [-0.2, 0) is 4.74 Å². The Morgan fingerprint density at radius 2 is 1.23 bits per heavy atom. The monoisotopic (exact) mass is 317 g/mol. The first-order valence-corrected chi connectivity index (χ1v) is 8.60. The van der Waals surface area contributed by atoms with Crippen LogP contribution in [0.3, 0.4) is 0 Å². The van der Waals surface area contributed by atoms with Crippen molar-refractivity contribution in [3.8, 4) is 0 Å². The van der Waals surface area contributed by atoms with Crippen molar-refractivity contribution >= 4 is 6.09 Å². The first kappa shape index (κ1) is 21.2. The van der Waals surface area contributed by atoms with Crippen LogP contribution < -0.4 is 0 Å². The van der Waals surface area contributed by atoms with Crippen LogP contribution in [0.5, 0.6) is 0 Å². The Morgan fingerprint density at radius 3 is 1.59 bits per heavy atom. The van der Waals surface area contributed by atoms with Gasteiger partial charge in [-0.3, -0.25) is 0 Å². The zero-order valence-electron chi connectivity index (χ0n) is 14.6. The van der Waals surface area contributed by atoms with Crippen molar-refractivity contribution in [2.24, 2.45) is 0 Å². The predicted octanol–water partition coefficient (Wildman–Crippen LogP) is 3.33. The van der Waals surface area contributed by atoms with Crippen LogP contribution in [0.1, 0.15) is 72.1 Å². The molecule has 0 unspecified atom stereocenters. The van der Waals surface area contributed by atoms with E-state index >= 15 is 0 Å². The van der Waals surface area contributed by atoms with Crippen molar-refractivity contribution in [3.63, 3.8) is 0 Å². The molecule has 2 N–H and O–H groups in total. The third-order valence-electron chi connectivity index (χ3n) is 3.32. The summed E-state index contributed by atoms with van der Waals surface area (Å²) in [5, 5.41) is 17.6. The summed E-state index contributed by atoms with van der Waals surface area (Å²) in [5.74, 6) is 0.